The van der Waals surface area contributed by atoms with Crippen LogP contribution in [-0.2, 0) is 18.9 Å². The van der Waals surface area contributed by atoms with Gasteiger partial charge in [-0.05, 0) is 61.8 Å². The van der Waals surface area contributed by atoms with Crippen molar-refractivity contribution in [2.75, 3.05) is 19.8 Å². The Morgan fingerprint density at radius 3 is 2.00 bits per heavy atom. The molecular formula is C19H38O4. The molecule has 1 saturated heterocycles. The molecule has 0 aromatic heterocycles. The van der Waals surface area contributed by atoms with Crippen LogP contribution in [-0.4, -0.2) is 42.9 Å². The molecule has 0 N–H and O–H groups in total. The van der Waals surface area contributed by atoms with Crippen LogP contribution in [0.1, 0.15) is 75.2 Å². The zero-order valence-corrected chi connectivity index (χ0v) is 16.7. The zero-order chi connectivity index (χ0) is 17.9. The topological polar surface area (TPSA) is 36.9 Å². The molecule has 0 radical (unpaired) electrons. The molecule has 0 amide bonds. The molecule has 1 rings (SSSR count). The Bertz CT molecular complexity index is 358. The lowest BCUT2D eigenvalue weighted by atomic mass is 9.86. The molecule has 1 atom stereocenters. The second-order valence-electron chi connectivity index (χ2n) is 9.12. The van der Waals surface area contributed by atoms with Crippen LogP contribution in [0.15, 0.2) is 0 Å². The molecule has 4 nitrogen and oxygen atoms in total. The Morgan fingerprint density at radius 2 is 1.57 bits per heavy atom. The van der Waals surface area contributed by atoms with Crippen LogP contribution in [0.25, 0.3) is 0 Å². The summed E-state index contributed by atoms with van der Waals surface area (Å²) in [4.78, 5) is 0. The largest absolute Gasteiger partial charge is 0.375 e. The quantitative estimate of drug-likeness (QED) is 0.686. The van der Waals surface area contributed by atoms with E-state index in [1.807, 2.05) is 13.8 Å². The lowest BCUT2D eigenvalue weighted by Crippen LogP contribution is -2.49. The van der Waals surface area contributed by atoms with E-state index in [4.69, 9.17) is 18.9 Å². The van der Waals surface area contributed by atoms with E-state index in [0.717, 1.165) is 12.8 Å². The van der Waals surface area contributed by atoms with Crippen molar-refractivity contribution in [1.29, 1.82) is 0 Å². The predicted octanol–water partition coefficient (Wildman–Crippen LogP) is 4.55. The fraction of sp³-hybridized carbons (Fsp3) is 1.00. The Labute approximate surface area is 143 Å². The second-order valence-corrected chi connectivity index (χ2v) is 9.12. The van der Waals surface area contributed by atoms with Crippen molar-refractivity contribution in [3.63, 3.8) is 0 Å². The molecular weight excluding hydrogens is 292 g/mol. The SMILES string of the molecule is CCC1(COC(C)(C)CC(C)OC(C)(C)C)COC(C)(C)OC1. The summed E-state index contributed by atoms with van der Waals surface area (Å²) in [5.74, 6) is -0.483. The van der Waals surface area contributed by atoms with Crippen molar-refractivity contribution < 1.29 is 18.9 Å². The highest BCUT2D eigenvalue weighted by Gasteiger charge is 2.40. The highest BCUT2D eigenvalue weighted by Crippen LogP contribution is 2.34. The molecule has 1 unspecified atom stereocenters. The molecule has 23 heavy (non-hydrogen) atoms. The normalized spacial score (nSPS) is 22.8. The first-order valence-corrected chi connectivity index (χ1v) is 8.88. The first-order chi connectivity index (χ1) is 10.3. The molecule has 1 heterocycles. The van der Waals surface area contributed by atoms with Crippen LogP contribution in [0.3, 0.4) is 0 Å². The summed E-state index contributed by atoms with van der Waals surface area (Å²) in [6, 6.07) is 0. The van der Waals surface area contributed by atoms with Gasteiger partial charge in [-0.2, -0.15) is 0 Å². The Hall–Kier alpha value is -0.160. The third-order valence-electron chi connectivity index (χ3n) is 4.30. The van der Waals surface area contributed by atoms with Crippen molar-refractivity contribution in [3.05, 3.63) is 0 Å². The summed E-state index contributed by atoms with van der Waals surface area (Å²) in [6.07, 6.45) is 1.99. The van der Waals surface area contributed by atoms with E-state index in [-0.39, 0.29) is 22.7 Å². The average Bonchev–Trinajstić information content (AvgIpc) is 2.35. The van der Waals surface area contributed by atoms with E-state index in [0.29, 0.717) is 19.8 Å². The molecule has 0 aromatic carbocycles. The molecule has 1 aliphatic rings. The van der Waals surface area contributed by atoms with Crippen molar-refractivity contribution in [2.24, 2.45) is 5.41 Å². The summed E-state index contributed by atoms with van der Waals surface area (Å²) >= 11 is 0. The lowest BCUT2D eigenvalue weighted by Gasteiger charge is -2.44. The van der Waals surface area contributed by atoms with Gasteiger partial charge in [-0.1, -0.05) is 6.92 Å². The zero-order valence-electron chi connectivity index (χ0n) is 16.7. The summed E-state index contributed by atoms with van der Waals surface area (Å²) in [6.45, 7) is 20.7. The Kier molecular flexibility index (Phi) is 6.70. The fourth-order valence-electron chi connectivity index (χ4n) is 2.87. The van der Waals surface area contributed by atoms with Gasteiger partial charge in [-0.25, -0.2) is 0 Å². The molecule has 1 fully saturated rings. The number of hydrogen-bond acceptors (Lipinski definition) is 4. The standard InChI is InChI=1S/C19H38O4/c1-10-19(13-21-18(8,9)22-14-19)12-20-17(6,7)11-15(2)23-16(3,4)5/h15H,10-14H2,1-9H3. The molecule has 138 valence electrons. The highest BCUT2D eigenvalue weighted by molar-refractivity contribution is 4.84. The van der Waals surface area contributed by atoms with E-state index in [2.05, 4.69) is 48.5 Å². The van der Waals surface area contributed by atoms with Gasteiger partial charge in [-0.3, -0.25) is 0 Å². The van der Waals surface area contributed by atoms with Gasteiger partial charge in [0.15, 0.2) is 5.79 Å². The molecule has 0 bridgehead atoms. The van der Waals surface area contributed by atoms with E-state index in [1.165, 1.54) is 0 Å². The highest BCUT2D eigenvalue weighted by atomic mass is 16.7. The third kappa shape index (κ3) is 7.51. The van der Waals surface area contributed by atoms with Gasteiger partial charge in [0.2, 0.25) is 0 Å². The van der Waals surface area contributed by atoms with Gasteiger partial charge in [0, 0.05) is 11.8 Å². The van der Waals surface area contributed by atoms with Crippen LogP contribution in [0.2, 0.25) is 0 Å². The Balaban J connectivity index is 2.53. The van der Waals surface area contributed by atoms with E-state index >= 15 is 0 Å². The minimum Gasteiger partial charge on any atom is -0.375 e. The van der Waals surface area contributed by atoms with Crippen LogP contribution < -0.4 is 0 Å². The maximum Gasteiger partial charge on any atom is 0.162 e. The van der Waals surface area contributed by atoms with Crippen LogP contribution in [0.4, 0.5) is 0 Å². The molecule has 1 aliphatic heterocycles. The molecule has 0 spiro atoms. The minimum atomic E-state index is -0.483. The van der Waals surface area contributed by atoms with Crippen molar-refractivity contribution in [2.45, 2.75) is 98.2 Å². The van der Waals surface area contributed by atoms with E-state index < -0.39 is 5.79 Å². The monoisotopic (exact) mass is 330 g/mol. The van der Waals surface area contributed by atoms with Crippen LogP contribution >= 0.6 is 0 Å². The van der Waals surface area contributed by atoms with Crippen LogP contribution in [0, 0.1) is 5.41 Å². The average molecular weight is 331 g/mol. The molecule has 0 saturated carbocycles. The first-order valence-electron chi connectivity index (χ1n) is 8.88. The number of hydrogen-bond donors (Lipinski definition) is 0. The van der Waals surface area contributed by atoms with E-state index in [1.54, 1.807) is 0 Å². The Morgan fingerprint density at radius 1 is 1.04 bits per heavy atom. The van der Waals surface area contributed by atoms with Crippen molar-refractivity contribution in [3.8, 4) is 0 Å². The summed E-state index contributed by atoms with van der Waals surface area (Å²) in [5.41, 5.74) is -0.419. The van der Waals surface area contributed by atoms with Gasteiger partial charge in [0.1, 0.15) is 0 Å². The van der Waals surface area contributed by atoms with Gasteiger partial charge in [0.05, 0.1) is 37.1 Å². The third-order valence-corrected chi connectivity index (χ3v) is 4.30. The van der Waals surface area contributed by atoms with E-state index in [9.17, 15) is 0 Å². The number of rotatable bonds is 7. The smallest absolute Gasteiger partial charge is 0.162 e. The molecule has 0 aromatic rings. The van der Waals surface area contributed by atoms with Crippen LogP contribution in [0.5, 0.6) is 0 Å². The van der Waals surface area contributed by atoms with Gasteiger partial charge < -0.3 is 18.9 Å². The lowest BCUT2D eigenvalue weighted by molar-refractivity contribution is -0.296. The number of ether oxygens (including phenoxy) is 4. The minimum absolute atomic E-state index is 0.0547. The maximum absolute atomic E-state index is 6.28. The summed E-state index contributed by atoms with van der Waals surface area (Å²) in [5, 5.41) is 0. The van der Waals surface area contributed by atoms with Gasteiger partial charge in [-0.15, -0.1) is 0 Å². The van der Waals surface area contributed by atoms with Gasteiger partial charge in [0.25, 0.3) is 0 Å². The maximum atomic E-state index is 6.28. The predicted molar refractivity (Wildman–Crippen MR) is 93.7 cm³/mol. The summed E-state index contributed by atoms with van der Waals surface area (Å²) in [7, 11) is 0. The summed E-state index contributed by atoms with van der Waals surface area (Å²) < 4.78 is 24.0. The molecule has 0 aliphatic carbocycles. The first kappa shape index (κ1) is 20.9. The van der Waals surface area contributed by atoms with Crippen molar-refractivity contribution >= 4 is 0 Å². The van der Waals surface area contributed by atoms with Gasteiger partial charge >= 0.3 is 0 Å². The fourth-order valence-corrected chi connectivity index (χ4v) is 2.87. The van der Waals surface area contributed by atoms with Crippen molar-refractivity contribution in [1.82, 2.24) is 0 Å². The molecule has 4 heteroatoms. The second kappa shape index (κ2) is 7.38.